The highest BCUT2D eigenvalue weighted by molar-refractivity contribution is 5.80. The summed E-state index contributed by atoms with van der Waals surface area (Å²) in [5.74, 6) is 0.931. The van der Waals surface area contributed by atoms with Gasteiger partial charge in [-0.25, -0.2) is 9.37 Å². The summed E-state index contributed by atoms with van der Waals surface area (Å²) in [5, 5.41) is 12.6. The highest BCUT2D eigenvalue weighted by Crippen LogP contribution is 2.32. The molecule has 3 aromatic heterocycles. The molecular formula is C25H23FN6O3. The first-order valence-electron chi connectivity index (χ1n) is 11.3. The normalized spacial score (nSPS) is 15.1. The fraction of sp³-hybridized carbons (Fsp3) is 0.280. The number of hydrogen-bond donors (Lipinski definition) is 1. The van der Waals surface area contributed by atoms with Crippen molar-refractivity contribution in [3.05, 3.63) is 78.0 Å². The molecule has 1 amide bonds. The van der Waals surface area contributed by atoms with Crippen molar-refractivity contribution in [1.82, 2.24) is 19.9 Å². The van der Waals surface area contributed by atoms with Crippen LogP contribution in [0.5, 0.6) is 0 Å². The van der Waals surface area contributed by atoms with Gasteiger partial charge in [-0.15, -0.1) is 0 Å². The number of furan rings is 1. The Labute approximate surface area is 200 Å². The lowest BCUT2D eigenvalue weighted by Crippen LogP contribution is -2.42. The van der Waals surface area contributed by atoms with Crippen LogP contribution in [0.1, 0.15) is 36.0 Å². The van der Waals surface area contributed by atoms with E-state index in [0.29, 0.717) is 49.0 Å². The molecule has 0 radical (unpaired) electrons. The molecule has 1 aliphatic heterocycles. The predicted molar refractivity (Wildman–Crippen MR) is 123 cm³/mol. The van der Waals surface area contributed by atoms with E-state index in [1.165, 1.54) is 18.4 Å². The topological polar surface area (TPSA) is 113 Å². The monoisotopic (exact) mass is 474 g/mol. The van der Waals surface area contributed by atoms with Gasteiger partial charge >= 0.3 is 0 Å². The summed E-state index contributed by atoms with van der Waals surface area (Å²) in [7, 11) is 1.83. The summed E-state index contributed by atoms with van der Waals surface area (Å²) >= 11 is 0. The standard InChI is InChI=1S/C25H23FN6O3/c1-31-12-9-28-22(31)21(17-4-2-5-18(26)14-17)30-23(33)16-7-10-32(11-8-16)25-19(15-27)29-24(35-25)20-6-3-13-34-20/h2-6,9,12-14,16,21H,7-8,10-11H2,1H3,(H,30,33). The van der Waals surface area contributed by atoms with Crippen molar-refractivity contribution in [1.29, 1.82) is 5.26 Å². The number of amides is 1. The van der Waals surface area contributed by atoms with Gasteiger partial charge in [-0.2, -0.15) is 10.2 Å². The summed E-state index contributed by atoms with van der Waals surface area (Å²) in [5.41, 5.74) is 0.802. The van der Waals surface area contributed by atoms with Gasteiger partial charge in [0, 0.05) is 38.4 Å². The number of piperidine rings is 1. The van der Waals surface area contributed by atoms with Crippen molar-refractivity contribution in [2.75, 3.05) is 18.0 Å². The van der Waals surface area contributed by atoms with E-state index < -0.39 is 6.04 Å². The minimum absolute atomic E-state index is 0.128. The van der Waals surface area contributed by atoms with Crippen molar-refractivity contribution in [2.45, 2.75) is 18.9 Å². The minimum Gasteiger partial charge on any atom is -0.459 e. The summed E-state index contributed by atoms with van der Waals surface area (Å²) in [4.78, 5) is 23.8. The van der Waals surface area contributed by atoms with E-state index in [4.69, 9.17) is 8.83 Å². The quantitative estimate of drug-likeness (QED) is 0.452. The molecule has 4 heterocycles. The summed E-state index contributed by atoms with van der Waals surface area (Å²) < 4.78 is 26.9. The Bertz CT molecular complexity index is 1360. The maximum atomic E-state index is 13.9. The Balaban J connectivity index is 1.29. The molecule has 1 fully saturated rings. The largest absolute Gasteiger partial charge is 0.459 e. The molecule has 35 heavy (non-hydrogen) atoms. The predicted octanol–water partition coefficient (Wildman–Crippen LogP) is 3.80. The van der Waals surface area contributed by atoms with Gasteiger partial charge in [0.1, 0.15) is 23.8 Å². The Morgan fingerprint density at radius 3 is 2.77 bits per heavy atom. The molecule has 1 atom stereocenters. The molecule has 1 N–H and O–H groups in total. The molecule has 0 bridgehead atoms. The number of oxazole rings is 1. The molecular weight excluding hydrogens is 451 g/mol. The number of nitrogens with one attached hydrogen (secondary N) is 1. The Kier molecular flexibility index (Phi) is 6.06. The average Bonchev–Trinajstić information content (AvgIpc) is 3.63. The van der Waals surface area contributed by atoms with Crippen LogP contribution >= 0.6 is 0 Å². The van der Waals surface area contributed by atoms with E-state index in [9.17, 15) is 14.4 Å². The fourth-order valence-electron chi connectivity index (χ4n) is 4.35. The highest BCUT2D eigenvalue weighted by Gasteiger charge is 2.31. The number of benzene rings is 1. The summed E-state index contributed by atoms with van der Waals surface area (Å²) in [6.07, 6.45) is 6.06. The number of carbonyl (C=O) groups excluding carboxylic acids is 1. The van der Waals surface area contributed by atoms with E-state index in [2.05, 4.69) is 21.4 Å². The van der Waals surface area contributed by atoms with E-state index in [1.807, 2.05) is 16.5 Å². The van der Waals surface area contributed by atoms with Crippen molar-refractivity contribution in [2.24, 2.45) is 13.0 Å². The maximum Gasteiger partial charge on any atom is 0.266 e. The van der Waals surface area contributed by atoms with Crippen LogP contribution in [0.2, 0.25) is 0 Å². The number of imidazole rings is 1. The highest BCUT2D eigenvalue weighted by atomic mass is 19.1. The van der Waals surface area contributed by atoms with Crippen molar-refractivity contribution >= 4 is 11.8 Å². The second kappa shape index (κ2) is 9.46. The molecule has 5 rings (SSSR count). The second-order valence-electron chi connectivity index (χ2n) is 8.42. The third-order valence-corrected chi connectivity index (χ3v) is 6.19. The van der Waals surface area contributed by atoms with E-state index >= 15 is 0 Å². The van der Waals surface area contributed by atoms with Crippen LogP contribution in [-0.2, 0) is 11.8 Å². The number of aryl methyl sites for hydroxylation is 1. The molecule has 0 spiro atoms. The number of hydrogen-bond acceptors (Lipinski definition) is 7. The molecule has 1 aliphatic rings. The Morgan fingerprint density at radius 1 is 1.29 bits per heavy atom. The first kappa shape index (κ1) is 22.4. The van der Waals surface area contributed by atoms with Crippen LogP contribution in [0.4, 0.5) is 10.3 Å². The van der Waals surface area contributed by atoms with Gasteiger partial charge in [-0.3, -0.25) is 4.79 Å². The molecule has 4 aromatic rings. The van der Waals surface area contributed by atoms with E-state index in [-0.39, 0.29) is 29.2 Å². The zero-order valence-electron chi connectivity index (χ0n) is 19.0. The lowest BCUT2D eigenvalue weighted by molar-refractivity contribution is -0.126. The number of aromatic nitrogens is 3. The summed E-state index contributed by atoms with van der Waals surface area (Å²) in [6, 6.07) is 11.1. The van der Waals surface area contributed by atoms with Crippen LogP contribution < -0.4 is 10.2 Å². The molecule has 1 unspecified atom stereocenters. The Hall–Kier alpha value is -4.39. The zero-order chi connectivity index (χ0) is 24.4. The molecule has 0 aliphatic carbocycles. The van der Waals surface area contributed by atoms with E-state index in [0.717, 1.165) is 0 Å². The van der Waals surface area contributed by atoms with Crippen LogP contribution in [0.15, 0.2) is 63.9 Å². The number of carbonyl (C=O) groups is 1. The van der Waals surface area contributed by atoms with Crippen LogP contribution in [0.3, 0.4) is 0 Å². The molecule has 10 heteroatoms. The smallest absolute Gasteiger partial charge is 0.266 e. The Morgan fingerprint density at radius 2 is 2.11 bits per heavy atom. The molecule has 1 saturated heterocycles. The SMILES string of the molecule is Cn1ccnc1C(NC(=O)C1CCN(c2oc(-c3ccco3)nc2C#N)CC1)c1cccc(F)c1. The summed E-state index contributed by atoms with van der Waals surface area (Å²) in [6.45, 7) is 1.04. The van der Waals surface area contributed by atoms with Gasteiger partial charge in [0.05, 0.1) is 6.26 Å². The zero-order valence-corrected chi connectivity index (χ0v) is 19.0. The molecule has 178 valence electrons. The number of nitriles is 1. The van der Waals surface area contributed by atoms with Gasteiger partial charge in [0.25, 0.3) is 5.89 Å². The maximum absolute atomic E-state index is 13.9. The first-order chi connectivity index (χ1) is 17.0. The van der Waals surface area contributed by atoms with Crippen molar-refractivity contribution in [3.63, 3.8) is 0 Å². The molecule has 0 saturated carbocycles. The van der Waals surface area contributed by atoms with Gasteiger partial charge in [0.2, 0.25) is 17.5 Å². The van der Waals surface area contributed by atoms with Crippen LogP contribution in [0.25, 0.3) is 11.7 Å². The lowest BCUT2D eigenvalue weighted by Gasteiger charge is -2.32. The average molecular weight is 474 g/mol. The number of rotatable bonds is 6. The third-order valence-electron chi connectivity index (χ3n) is 6.19. The van der Waals surface area contributed by atoms with Crippen molar-refractivity contribution < 1.29 is 18.0 Å². The van der Waals surface area contributed by atoms with E-state index in [1.54, 1.807) is 36.7 Å². The van der Waals surface area contributed by atoms with Gasteiger partial charge in [-0.05, 0) is 42.7 Å². The third kappa shape index (κ3) is 4.53. The minimum atomic E-state index is -0.577. The fourth-order valence-corrected chi connectivity index (χ4v) is 4.35. The lowest BCUT2D eigenvalue weighted by atomic mass is 9.95. The van der Waals surface area contributed by atoms with Crippen LogP contribution in [0, 0.1) is 23.1 Å². The molecule has 9 nitrogen and oxygen atoms in total. The number of anilines is 1. The van der Waals surface area contributed by atoms with Gasteiger partial charge < -0.3 is 23.6 Å². The van der Waals surface area contributed by atoms with Crippen molar-refractivity contribution in [3.8, 4) is 17.7 Å². The number of nitrogens with zero attached hydrogens (tertiary/aromatic N) is 5. The van der Waals surface area contributed by atoms with Gasteiger partial charge in [0.15, 0.2) is 5.76 Å². The van der Waals surface area contributed by atoms with Crippen LogP contribution in [-0.4, -0.2) is 33.5 Å². The molecule has 1 aromatic carbocycles. The number of halogens is 1. The van der Waals surface area contributed by atoms with Gasteiger partial charge in [-0.1, -0.05) is 12.1 Å². The first-order valence-corrected chi connectivity index (χ1v) is 11.3. The second-order valence-corrected chi connectivity index (χ2v) is 8.42.